The fourth-order valence-electron chi connectivity index (χ4n) is 5.72. The van der Waals surface area contributed by atoms with Crippen LogP contribution >= 0.6 is 0 Å². The maximum atomic E-state index is 12.6. The standard InChI is InChI=1S/C27H34N4O2/c1-18-9-10-22-23(30(18)27(32)33-3)11-12-24-26(22)29-25(17-20-7-5-4-6-8-20)31(24)19(2)21-13-15-28-16-14-21/h4-8,11-12,18-19,21,28H,9-10,13-17H2,1-3H3/t18-,19-/m0/s1. The molecule has 2 aliphatic heterocycles. The molecule has 33 heavy (non-hydrogen) atoms. The average molecular weight is 447 g/mol. The number of ether oxygens (including phenoxy) is 1. The third-order valence-electron chi connectivity index (χ3n) is 7.58. The Bertz CT molecular complexity index is 1130. The molecule has 174 valence electrons. The van der Waals surface area contributed by atoms with Crippen LogP contribution in [0.15, 0.2) is 42.5 Å². The van der Waals surface area contributed by atoms with Gasteiger partial charge in [-0.1, -0.05) is 30.3 Å². The van der Waals surface area contributed by atoms with Gasteiger partial charge in [-0.05, 0) is 76.2 Å². The van der Waals surface area contributed by atoms with E-state index >= 15 is 0 Å². The summed E-state index contributed by atoms with van der Waals surface area (Å²) in [5.41, 5.74) is 5.61. The predicted octanol–water partition coefficient (Wildman–Crippen LogP) is 5.10. The Labute approximate surface area is 195 Å². The molecule has 0 unspecified atom stereocenters. The zero-order valence-corrected chi connectivity index (χ0v) is 19.9. The molecule has 0 saturated carbocycles. The Hall–Kier alpha value is -2.86. The number of hydrogen-bond donors (Lipinski definition) is 1. The highest BCUT2D eigenvalue weighted by Crippen LogP contribution is 2.39. The Morgan fingerprint density at radius 3 is 2.64 bits per heavy atom. The second-order valence-electron chi connectivity index (χ2n) is 9.55. The minimum absolute atomic E-state index is 0.113. The summed E-state index contributed by atoms with van der Waals surface area (Å²) < 4.78 is 7.60. The molecule has 1 aromatic heterocycles. The van der Waals surface area contributed by atoms with E-state index in [9.17, 15) is 4.79 Å². The summed E-state index contributed by atoms with van der Waals surface area (Å²) in [4.78, 5) is 19.6. The molecule has 1 fully saturated rings. The monoisotopic (exact) mass is 446 g/mol. The van der Waals surface area contributed by atoms with Crippen LogP contribution < -0.4 is 10.2 Å². The van der Waals surface area contributed by atoms with Crippen LogP contribution in [0.5, 0.6) is 0 Å². The summed E-state index contributed by atoms with van der Waals surface area (Å²) in [6.45, 7) is 6.60. The molecule has 0 bridgehead atoms. The van der Waals surface area contributed by atoms with Gasteiger partial charge in [0, 0.05) is 24.1 Å². The van der Waals surface area contributed by atoms with Crippen molar-refractivity contribution in [2.75, 3.05) is 25.1 Å². The van der Waals surface area contributed by atoms with E-state index in [1.165, 1.54) is 36.6 Å². The molecule has 1 saturated heterocycles. The van der Waals surface area contributed by atoms with Crippen molar-refractivity contribution in [1.82, 2.24) is 14.9 Å². The molecule has 3 heterocycles. The lowest BCUT2D eigenvalue weighted by Gasteiger charge is -2.34. The summed E-state index contributed by atoms with van der Waals surface area (Å²) in [5.74, 6) is 1.74. The molecule has 0 radical (unpaired) electrons. The van der Waals surface area contributed by atoms with E-state index in [2.05, 4.69) is 66.2 Å². The van der Waals surface area contributed by atoms with Crippen molar-refractivity contribution in [3.63, 3.8) is 0 Å². The zero-order valence-electron chi connectivity index (χ0n) is 19.9. The number of piperidine rings is 1. The van der Waals surface area contributed by atoms with Crippen LogP contribution in [0, 0.1) is 5.92 Å². The van der Waals surface area contributed by atoms with E-state index in [0.29, 0.717) is 12.0 Å². The minimum atomic E-state index is -0.296. The number of carbonyl (C=O) groups is 1. The molecule has 3 aromatic rings. The fraction of sp³-hybridized carbons (Fsp3) is 0.481. The number of aryl methyl sites for hydroxylation is 1. The van der Waals surface area contributed by atoms with Crippen molar-refractivity contribution in [2.24, 2.45) is 5.92 Å². The molecule has 6 nitrogen and oxygen atoms in total. The topological polar surface area (TPSA) is 59.4 Å². The van der Waals surface area contributed by atoms with Gasteiger partial charge in [-0.2, -0.15) is 0 Å². The summed E-state index contributed by atoms with van der Waals surface area (Å²) in [6.07, 6.45) is 4.71. The number of fused-ring (bicyclic) bond motifs is 3. The second-order valence-corrected chi connectivity index (χ2v) is 9.55. The van der Waals surface area contributed by atoms with Crippen LogP contribution in [0.2, 0.25) is 0 Å². The van der Waals surface area contributed by atoms with Gasteiger partial charge >= 0.3 is 6.09 Å². The van der Waals surface area contributed by atoms with Crippen molar-refractivity contribution < 1.29 is 9.53 Å². The molecule has 2 aliphatic rings. The van der Waals surface area contributed by atoms with Crippen LogP contribution in [0.4, 0.5) is 10.5 Å². The first-order chi connectivity index (χ1) is 16.1. The van der Waals surface area contributed by atoms with Crippen molar-refractivity contribution in [1.29, 1.82) is 0 Å². The van der Waals surface area contributed by atoms with Crippen molar-refractivity contribution in [2.45, 2.75) is 58.0 Å². The normalized spacial score (nSPS) is 20.0. The van der Waals surface area contributed by atoms with E-state index in [-0.39, 0.29) is 12.1 Å². The quantitative estimate of drug-likeness (QED) is 0.606. The van der Waals surface area contributed by atoms with Crippen LogP contribution in [0.1, 0.15) is 56.1 Å². The van der Waals surface area contributed by atoms with Crippen LogP contribution in [0.3, 0.4) is 0 Å². The van der Waals surface area contributed by atoms with E-state index in [1.54, 1.807) is 4.90 Å². The number of rotatable bonds is 4. The molecule has 6 heteroatoms. The molecule has 1 N–H and O–H groups in total. The lowest BCUT2D eigenvalue weighted by molar-refractivity contribution is 0.175. The summed E-state index contributed by atoms with van der Waals surface area (Å²) in [7, 11) is 1.45. The molecular formula is C27H34N4O2. The van der Waals surface area contributed by atoms with E-state index in [0.717, 1.165) is 49.4 Å². The Kier molecular flexibility index (Phi) is 6.11. The number of benzene rings is 2. The number of hydrogen-bond acceptors (Lipinski definition) is 4. The van der Waals surface area contributed by atoms with Gasteiger partial charge in [-0.25, -0.2) is 9.78 Å². The average Bonchev–Trinajstić information content (AvgIpc) is 3.22. The number of imidazole rings is 1. The molecule has 2 atom stereocenters. The smallest absolute Gasteiger partial charge is 0.414 e. The Morgan fingerprint density at radius 2 is 1.91 bits per heavy atom. The van der Waals surface area contributed by atoms with Gasteiger partial charge in [0.15, 0.2) is 0 Å². The third kappa shape index (κ3) is 4.01. The first-order valence-electron chi connectivity index (χ1n) is 12.2. The summed E-state index contributed by atoms with van der Waals surface area (Å²) in [6, 6.07) is 15.3. The summed E-state index contributed by atoms with van der Waals surface area (Å²) >= 11 is 0. The van der Waals surface area contributed by atoms with Gasteiger partial charge in [0.1, 0.15) is 5.82 Å². The predicted molar refractivity (Wildman–Crippen MR) is 132 cm³/mol. The molecular weight excluding hydrogens is 412 g/mol. The number of methoxy groups -OCH3 is 1. The van der Waals surface area contributed by atoms with Gasteiger partial charge in [-0.15, -0.1) is 0 Å². The maximum Gasteiger partial charge on any atom is 0.414 e. The SMILES string of the molecule is COC(=O)N1c2ccc3c(nc(Cc4ccccc4)n3[C@@H](C)C3CCNCC3)c2CC[C@@H]1C. The van der Waals surface area contributed by atoms with Gasteiger partial charge in [0.2, 0.25) is 0 Å². The zero-order chi connectivity index (χ0) is 22.9. The maximum absolute atomic E-state index is 12.6. The molecule has 5 rings (SSSR count). The van der Waals surface area contributed by atoms with E-state index in [4.69, 9.17) is 9.72 Å². The van der Waals surface area contributed by atoms with E-state index < -0.39 is 0 Å². The molecule has 0 spiro atoms. The highest BCUT2D eigenvalue weighted by atomic mass is 16.5. The number of nitrogens with one attached hydrogen (secondary N) is 1. The van der Waals surface area contributed by atoms with Crippen molar-refractivity contribution >= 4 is 22.8 Å². The lowest BCUT2D eigenvalue weighted by atomic mass is 9.90. The van der Waals surface area contributed by atoms with Gasteiger partial charge in [-0.3, -0.25) is 4.90 Å². The van der Waals surface area contributed by atoms with Crippen LogP contribution in [-0.4, -0.2) is 41.9 Å². The molecule has 2 aromatic carbocycles. The first kappa shape index (κ1) is 22.0. The largest absolute Gasteiger partial charge is 0.452 e. The van der Waals surface area contributed by atoms with Crippen LogP contribution in [-0.2, 0) is 17.6 Å². The highest BCUT2D eigenvalue weighted by Gasteiger charge is 2.32. The number of amides is 1. The Morgan fingerprint density at radius 1 is 1.15 bits per heavy atom. The summed E-state index contributed by atoms with van der Waals surface area (Å²) in [5, 5.41) is 3.50. The number of carbonyl (C=O) groups excluding carboxylic acids is 1. The first-order valence-corrected chi connectivity index (χ1v) is 12.2. The fourth-order valence-corrected chi connectivity index (χ4v) is 5.72. The van der Waals surface area contributed by atoms with Crippen LogP contribution in [0.25, 0.3) is 11.0 Å². The van der Waals surface area contributed by atoms with Gasteiger partial charge < -0.3 is 14.6 Å². The van der Waals surface area contributed by atoms with Gasteiger partial charge in [0.05, 0.1) is 23.8 Å². The number of aromatic nitrogens is 2. The second kappa shape index (κ2) is 9.18. The third-order valence-corrected chi connectivity index (χ3v) is 7.58. The highest BCUT2D eigenvalue weighted by molar-refractivity contribution is 5.95. The molecule has 1 amide bonds. The lowest BCUT2D eigenvalue weighted by Crippen LogP contribution is -2.42. The molecule has 0 aliphatic carbocycles. The van der Waals surface area contributed by atoms with E-state index in [1.807, 2.05) is 0 Å². The number of anilines is 1. The van der Waals surface area contributed by atoms with Crippen molar-refractivity contribution in [3.05, 3.63) is 59.4 Å². The number of nitrogens with zero attached hydrogens (tertiary/aromatic N) is 3. The van der Waals surface area contributed by atoms with Gasteiger partial charge in [0.25, 0.3) is 0 Å². The van der Waals surface area contributed by atoms with Crippen molar-refractivity contribution in [3.8, 4) is 0 Å². The minimum Gasteiger partial charge on any atom is -0.452 e. The Balaban J connectivity index is 1.65.